The van der Waals surface area contributed by atoms with Gasteiger partial charge in [-0.25, -0.2) is 8.78 Å². The average Bonchev–Trinajstić information content (AvgIpc) is 2.67. The molecule has 0 unspecified atom stereocenters. The molecule has 2 aromatic rings. The standard InChI is InChI=1S/C11H10BrF2N3O/c1-17-11(15)6(4-16-17)5-3-7(13)8(12)9(14)10(5)18-2/h3-4H,15H2,1-2H3. The van der Waals surface area contributed by atoms with E-state index in [9.17, 15) is 8.78 Å². The van der Waals surface area contributed by atoms with E-state index in [1.54, 1.807) is 7.05 Å². The number of nitrogens with two attached hydrogens (primary N) is 1. The molecule has 0 saturated carbocycles. The van der Waals surface area contributed by atoms with Gasteiger partial charge in [0.2, 0.25) is 0 Å². The van der Waals surface area contributed by atoms with E-state index in [1.165, 1.54) is 18.0 Å². The Morgan fingerprint density at radius 2 is 2.06 bits per heavy atom. The van der Waals surface area contributed by atoms with E-state index in [0.717, 1.165) is 6.07 Å². The zero-order chi connectivity index (χ0) is 13.4. The number of nitrogens with zero attached hydrogens (tertiary/aromatic N) is 2. The van der Waals surface area contributed by atoms with Crippen molar-refractivity contribution in [3.05, 3.63) is 28.4 Å². The van der Waals surface area contributed by atoms with Gasteiger partial charge < -0.3 is 10.5 Å². The number of hydrogen-bond acceptors (Lipinski definition) is 3. The van der Waals surface area contributed by atoms with E-state index >= 15 is 0 Å². The van der Waals surface area contributed by atoms with Crippen molar-refractivity contribution in [2.24, 2.45) is 7.05 Å². The minimum atomic E-state index is -0.809. The maximum Gasteiger partial charge on any atom is 0.182 e. The van der Waals surface area contributed by atoms with Gasteiger partial charge in [-0.05, 0) is 22.0 Å². The molecule has 0 spiro atoms. The van der Waals surface area contributed by atoms with Crippen LogP contribution in [0.15, 0.2) is 16.7 Å². The van der Waals surface area contributed by atoms with Crippen molar-refractivity contribution >= 4 is 21.7 Å². The van der Waals surface area contributed by atoms with Crippen molar-refractivity contribution in [1.29, 1.82) is 0 Å². The van der Waals surface area contributed by atoms with Crippen molar-refractivity contribution < 1.29 is 13.5 Å². The Morgan fingerprint density at radius 3 is 2.56 bits per heavy atom. The molecule has 1 aromatic carbocycles. The Kier molecular flexibility index (Phi) is 3.25. The van der Waals surface area contributed by atoms with Crippen LogP contribution in [0.1, 0.15) is 0 Å². The first-order valence-corrected chi connectivity index (χ1v) is 5.76. The smallest absolute Gasteiger partial charge is 0.182 e. The third kappa shape index (κ3) is 1.84. The molecule has 0 bridgehead atoms. The van der Waals surface area contributed by atoms with Crippen molar-refractivity contribution in [3.8, 4) is 16.9 Å². The first-order valence-electron chi connectivity index (χ1n) is 4.96. The Bertz CT molecular complexity index is 613. The number of rotatable bonds is 2. The molecule has 7 heteroatoms. The molecule has 2 N–H and O–H groups in total. The molecule has 4 nitrogen and oxygen atoms in total. The lowest BCUT2D eigenvalue weighted by atomic mass is 10.1. The maximum atomic E-state index is 13.9. The summed E-state index contributed by atoms with van der Waals surface area (Å²) in [5.41, 5.74) is 6.42. The van der Waals surface area contributed by atoms with E-state index in [-0.39, 0.29) is 15.8 Å². The molecule has 0 aliphatic rings. The minimum absolute atomic E-state index is 0.0806. The molecule has 1 aromatic heterocycles. The van der Waals surface area contributed by atoms with Crippen LogP contribution >= 0.6 is 15.9 Å². The van der Waals surface area contributed by atoms with Gasteiger partial charge in [0.25, 0.3) is 0 Å². The molecule has 1 heterocycles. The SMILES string of the molecule is COc1c(-c2cnn(C)c2N)cc(F)c(Br)c1F. The molecule has 0 fully saturated rings. The summed E-state index contributed by atoms with van der Waals surface area (Å²) in [6, 6.07) is 1.15. The Balaban J connectivity index is 2.75. The van der Waals surface area contributed by atoms with Crippen molar-refractivity contribution in [2.45, 2.75) is 0 Å². The van der Waals surface area contributed by atoms with Gasteiger partial charge in [0.15, 0.2) is 11.6 Å². The fourth-order valence-electron chi connectivity index (χ4n) is 1.63. The van der Waals surface area contributed by atoms with Gasteiger partial charge >= 0.3 is 0 Å². The normalized spacial score (nSPS) is 10.7. The second kappa shape index (κ2) is 4.56. The molecule has 2 rings (SSSR count). The van der Waals surface area contributed by atoms with Crippen molar-refractivity contribution in [1.82, 2.24) is 9.78 Å². The van der Waals surface area contributed by atoms with E-state index < -0.39 is 11.6 Å². The summed E-state index contributed by atoms with van der Waals surface area (Å²) in [6.07, 6.45) is 1.43. The van der Waals surface area contributed by atoms with E-state index in [0.29, 0.717) is 11.4 Å². The number of benzene rings is 1. The van der Waals surface area contributed by atoms with Crippen LogP contribution in [0, 0.1) is 11.6 Å². The summed E-state index contributed by atoms with van der Waals surface area (Å²) in [7, 11) is 2.94. The number of aryl methyl sites for hydroxylation is 1. The Morgan fingerprint density at radius 1 is 1.39 bits per heavy atom. The number of ether oxygens (including phenoxy) is 1. The summed E-state index contributed by atoms with van der Waals surface area (Å²) in [6.45, 7) is 0. The second-order valence-corrected chi connectivity index (χ2v) is 4.43. The number of anilines is 1. The highest BCUT2D eigenvalue weighted by molar-refractivity contribution is 9.10. The predicted octanol–water partition coefficient (Wildman–Crippen LogP) is 2.72. The number of hydrogen-bond donors (Lipinski definition) is 1. The molecule has 0 amide bonds. The zero-order valence-corrected chi connectivity index (χ0v) is 11.3. The average molecular weight is 318 g/mol. The highest BCUT2D eigenvalue weighted by Gasteiger charge is 2.21. The molecule has 96 valence electrons. The van der Waals surface area contributed by atoms with Gasteiger partial charge in [-0.1, -0.05) is 0 Å². The van der Waals surface area contributed by atoms with Gasteiger partial charge in [0, 0.05) is 18.2 Å². The molecule has 0 aliphatic heterocycles. The van der Waals surface area contributed by atoms with Crippen LogP contribution in [-0.4, -0.2) is 16.9 Å². The number of nitrogen functional groups attached to an aromatic ring is 1. The van der Waals surface area contributed by atoms with Crippen LogP contribution in [0.4, 0.5) is 14.6 Å². The van der Waals surface area contributed by atoms with E-state index in [1.807, 2.05) is 0 Å². The van der Waals surface area contributed by atoms with Crippen molar-refractivity contribution in [2.75, 3.05) is 12.8 Å². The second-order valence-electron chi connectivity index (χ2n) is 3.63. The van der Waals surface area contributed by atoms with Crippen LogP contribution in [0.3, 0.4) is 0 Å². The highest BCUT2D eigenvalue weighted by atomic mass is 79.9. The first-order chi connectivity index (χ1) is 8.47. The van der Waals surface area contributed by atoms with Crippen LogP contribution in [0.25, 0.3) is 11.1 Å². The van der Waals surface area contributed by atoms with Crippen LogP contribution in [0.2, 0.25) is 0 Å². The number of halogens is 3. The highest BCUT2D eigenvalue weighted by Crippen LogP contribution is 2.39. The fraction of sp³-hybridized carbons (Fsp3) is 0.182. The van der Waals surface area contributed by atoms with Crippen LogP contribution in [-0.2, 0) is 7.05 Å². The Hall–Kier alpha value is -1.63. The van der Waals surface area contributed by atoms with Gasteiger partial charge in [-0.3, -0.25) is 4.68 Å². The van der Waals surface area contributed by atoms with Crippen molar-refractivity contribution in [3.63, 3.8) is 0 Å². The summed E-state index contributed by atoms with van der Waals surface area (Å²) in [5, 5.41) is 3.93. The number of methoxy groups -OCH3 is 1. The lowest BCUT2D eigenvalue weighted by Crippen LogP contribution is -2.00. The molecular formula is C11H10BrF2N3O. The number of aromatic nitrogens is 2. The quantitative estimate of drug-likeness (QED) is 0.866. The van der Waals surface area contributed by atoms with Gasteiger partial charge in [0.1, 0.15) is 11.6 Å². The Labute approximate surface area is 110 Å². The molecule has 0 radical (unpaired) electrons. The molecule has 18 heavy (non-hydrogen) atoms. The lowest BCUT2D eigenvalue weighted by Gasteiger charge is -2.11. The van der Waals surface area contributed by atoms with Gasteiger partial charge in [-0.15, -0.1) is 0 Å². The summed E-state index contributed by atoms with van der Waals surface area (Å²) in [4.78, 5) is 0. The molecule has 0 atom stereocenters. The van der Waals surface area contributed by atoms with Crippen LogP contribution < -0.4 is 10.5 Å². The zero-order valence-electron chi connectivity index (χ0n) is 9.67. The minimum Gasteiger partial charge on any atom is -0.493 e. The first kappa shape index (κ1) is 12.8. The largest absolute Gasteiger partial charge is 0.493 e. The van der Waals surface area contributed by atoms with Gasteiger partial charge in [0.05, 0.1) is 17.8 Å². The predicted molar refractivity (Wildman–Crippen MR) is 67.2 cm³/mol. The summed E-state index contributed by atoms with van der Waals surface area (Å²) >= 11 is 2.82. The van der Waals surface area contributed by atoms with Crippen LogP contribution in [0.5, 0.6) is 5.75 Å². The monoisotopic (exact) mass is 317 g/mol. The van der Waals surface area contributed by atoms with E-state index in [4.69, 9.17) is 10.5 Å². The summed E-state index contributed by atoms with van der Waals surface area (Å²) in [5.74, 6) is -1.32. The fourth-order valence-corrected chi connectivity index (χ4v) is 1.93. The van der Waals surface area contributed by atoms with Gasteiger partial charge in [-0.2, -0.15) is 5.10 Å². The van der Waals surface area contributed by atoms with E-state index in [2.05, 4.69) is 21.0 Å². The molecular weight excluding hydrogens is 308 g/mol. The third-order valence-electron chi connectivity index (χ3n) is 2.60. The topological polar surface area (TPSA) is 53.1 Å². The summed E-state index contributed by atoms with van der Waals surface area (Å²) < 4.78 is 33.5. The third-order valence-corrected chi connectivity index (χ3v) is 3.32. The molecule has 0 saturated heterocycles. The maximum absolute atomic E-state index is 13.9. The lowest BCUT2D eigenvalue weighted by molar-refractivity contribution is 0.384. The molecule has 0 aliphatic carbocycles.